The summed E-state index contributed by atoms with van der Waals surface area (Å²) in [6.07, 6.45) is 1.19. The van der Waals surface area contributed by atoms with E-state index >= 15 is 0 Å². The van der Waals surface area contributed by atoms with Crippen LogP contribution >= 0.6 is 11.8 Å². The van der Waals surface area contributed by atoms with Crippen molar-refractivity contribution in [3.63, 3.8) is 0 Å². The molecule has 2 heterocycles. The molecule has 0 spiro atoms. The zero-order valence-electron chi connectivity index (χ0n) is 16.2. The average Bonchev–Trinajstić information content (AvgIpc) is 2.74. The third kappa shape index (κ3) is 4.29. The van der Waals surface area contributed by atoms with E-state index in [9.17, 15) is 14.4 Å². The quantitative estimate of drug-likeness (QED) is 0.763. The number of hydrogen-bond donors (Lipinski definition) is 2. The lowest BCUT2D eigenvalue weighted by molar-refractivity contribution is -0.136. The van der Waals surface area contributed by atoms with Gasteiger partial charge in [0.1, 0.15) is 0 Å². The van der Waals surface area contributed by atoms with E-state index in [2.05, 4.69) is 10.6 Å². The highest BCUT2D eigenvalue weighted by Gasteiger charge is 2.37. The molecule has 0 radical (unpaired) electrons. The summed E-state index contributed by atoms with van der Waals surface area (Å²) in [5.74, 6) is -0.606. The zero-order valence-corrected chi connectivity index (χ0v) is 17.0. The third-order valence-corrected chi connectivity index (χ3v) is 6.61. The number of anilines is 2. The van der Waals surface area contributed by atoms with Crippen LogP contribution in [0.2, 0.25) is 0 Å². The molecule has 0 unspecified atom stereocenters. The fourth-order valence-corrected chi connectivity index (χ4v) is 4.70. The van der Waals surface area contributed by atoms with Gasteiger partial charge in [0.25, 0.3) is 0 Å². The van der Waals surface area contributed by atoms with Gasteiger partial charge < -0.3 is 15.5 Å². The van der Waals surface area contributed by atoms with E-state index in [1.165, 1.54) is 11.8 Å². The molecule has 0 aromatic heterocycles. The number of aryl methyl sites for hydroxylation is 1. The molecular formula is C22H23N3O3S. The second-order valence-electron chi connectivity index (χ2n) is 7.44. The largest absolute Gasteiger partial charge is 0.341 e. The Bertz CT molecular complexity index is 937. The van der Waals surface area contributed by atoms with Crippen molar-refractivity contribution in [3.05, 3.63) is 54.1 Å². The molecule has 1 fully saturated rings. The monoisotopic (exact) mass is 409 g/mol. The first-order valence-corrected chi connectivity index (χ1v) is 10.6. The maximum Gasteiger partial charge on any atom is 0.247 e. The number of para-hydroxylation sites is 1. The minimum atomic E-state index is -0.775. The molecule has 0 bridgehead atoms. The summed E-state index contributed by atoms with van der Waals surface area (Å²) in [5, 5.41) is 5.00. The molecule has 2 aliphatic rings. The van der Waals surface area contributed by atoms with Crippen LogP contribution in [-0.4, -0.2) is 41.0 Å². The van der Waals surface area contributed by atoms with Crippen LogP contribution in [0.1, 0.15) is 18.4 Å². The average molecular weight is 410 g/mol. The van der Waals surface area contributed by atoms with E-state index < -0.39 is 5.25 Å². The molecule has 2 aromatic carbocycles. The van der Waals surface area contributed by atoms with Gasteiger partial charge in [0.2, 0.25) is 17.7 Å². The highest BCUT2D eigenvalue weighted by Crippen LogP contribution is 2.36. The van der Waals surface area contributed by atoms with Gasteiger partial charge in [0.15, 0.2) is 5.25 Å². The van der Waals surface area contributed by atoms with E-state index in [0.717, 1.165) is 21.8 Å². The predicted octanol–water partition coefficient (Wildman–Crippen LogP) is 3.29. The molecule has 29 heavy (non-hydrogen) atoms. The van der Waals surface area contributed by atoms with Crippen molar-refractivity contribution in [1.82, 2.24) is 4.90 Å². The first-order chi connectivity index (χ1) is 14.0. The second-order valence-corrected chi connectivity index (χ2v) is 8.59. The van der Waals surface area contributed by atoms with Crippen LogP contribution in [-0.2, 0) is 14.4 Å². The van der Waals surface area contributed by atoms with Crippen LogP contribution in [0.3, 0.4) is 0 Å². The molecule has 3 amide bonds. The van der Waals surface area contributed by atoms with E-state index in [-0.39, 0.29) is 23.6 Å². The Morgan fingerprint density at radius 2 is 1.76 bits per heavy atom. The van der Waals surface area contributed by atoms with Gasteiger partial charge in [-0.2, -0.15) is 0 Å². The van der Waals surface area contributed by atoms with Gasteiger partial charge in [-0.3, -0.25) is 14.4 Å². The van der Waals surface area contributed by atoms with Gasteiger partial charge in [-0.25, -0.2) is 0 Å². The van der Waals surface area contributed by atoms with Gasteiger partial charge in [-0.1, -0.05) is 29.8 Å². The highest BCUT2D eigenvalue weighted by atomic mass is 32.2. The molecule has 4 rings (SSSR count). The number of nitrogens with zero attached hydrogens (tertiary/aromatic N) is 1. The van der Waals surface area contributed by atoms with Crippen molar-refractivity contribution >= 4 is 40.9 Å². The molecule has 150 valence electrons. The fraction of sp³-hybridized carbons (Fsp3) is 0.318. The summed E-state index contributed by atoms with van der Waals surface area (Å²) in [6.45, 7) is 2.97. The number of amides is 3. The van der Waals surface area contributed by atoms with Crippen molar-refractivity contribution in [2.24, 2.45) is 5.92 Å². The normalized spacial score (nSPS) is 19.3. The standard InChI is InChI=1S/C22H23N3O3S/c1-14-6-8-16(9-7-14)23-20(26)15-10-12-25(13-11-15)22(28)19-21(27)24-17-4-2-3-5-18(17)29-19/h2-9,15,19H,10-13H2,1H3,(H,23,26)(H,24,27)/t19-/m0/s1. The van der Waals surface area contributed by atoms with Crippen molar-refractivity contribution in [2.75, 3.05) is 23.7 Å². The fourth-order valence-electron chi connectivity index (χ4n) is 3.62. The van der Waals surface area contributed by atoms with E-state index in [1.54, 1.807) is 4.90 Å². The molecule has 2 N–H and O–H groups in total. The maximum atomic E-state index is 12.9. The number of hydrogen-bond acceptors (Lipinski definition) is 4. The van der Waals surface area contributed by atoms with Crippen LogP contribution < -0.4 is 10.6 Å². The Morgan fingerprint density at radius 1 is 1.07 bits per heavy atom. The predicted molar refractivity (Wildman–Crippen MR) is 114 cm³/mol. The van der Waals surface area contributed by atoms with Crippen molar-refractivity contribution in [2.45, 2.75) is 29.9 Å². The summed E-state index contributed by atoms with van der Waals surface area (Å²) in [5.41, 5.74) is 2.67. The Morgan fingerprint density at radius 3 is 2.48 bits per heavy atom. The number of nitrogens with one attached hydrogen (secondary N) is 2. The molecule has 6 nitrogen and oxygen atoms in total. The molecule has 0 saturated carbocycles. The molecular weight excluding hydrogens is 386 g/mol. The number of thioether (sulfide) groups is 1. The van der Waals surface area contributed by atoms with Gasteiger partial charge in [0, 0.05) is 29.6 Å². The van der Waals surface area contributed by atoms with Crippen molar-refractivity contribution in [3.8, 4) is 0 Å². The summed E-state index contributed by atoms with van der Waals surface area (Å²) in [6, 6.07) is 15.2. The van der Waals surface area contributed by atoms with Gasteiger partial charge in [-0.05, 0) is 44.0 Å². The topological polar surface area (TPSA) is 78.5 Å². The van der Waals surface area contributed by atoms with Crippen LogP contribution in [0, 0.1) is 12.8 Å². The van der Waals surface area contributed by atoms with Crippen LogP contribution in [0.15, 0.2) is 53.4 Å². The molecule has 7 heteroatoms. The Kier molecular flexibility index (Phi) is 5.58. The number of piperidine rings is 1. The smallest absolute Gasteiger partial charge is 0.247 e. The number of fused-ring (bicyclic) bond motifs is 1. The van der Waals surface area contributed by atoms with Crippen molar-refractivity contribution in [1.29, 1.82) is 0 Å². The molecule has 1 atom stereocenters. The molecule has 2 aliphatic heterocycles. The van der Waals surface area contributed by atoms with Crippen LogP contribution in [0.5, 0.6) is 0 Å². The minimum Gasteiger partial charge on any atom is -0.341 e. The van der Waals surface area contributed by atoms with Gasteiger partial charge in [0.05, 0.1) is 5.69 Å². The Labute approximate surface area is 174 Å². The lowest BCUT2D eigenvalue weighted by atomic mass is 9.95. The number of rotatable bonds is 3. The molecule has 0 aliphatic carbocycles. The number of benzene rings is 2. The van der Waals surface area contributed by atoms with Crippen molar-refractivity contribution < 1.29 is 14.4 Å². The zero-order chi connectivity index (χ0) is 20.4. The lowest BCUT2D eigenvalue weighted by Crippen LogP contribution is -2.48. The summed E-state index contributed by atoms with van der Waals surface area (Å²) in [7, 11) is 0. The van der Waals surface area contributed by atoms with Crippen LogP contribution in [0.4, 0.5) is 11.4 Å². The lowest BCUT2D eigenvalue weighted by Gasteiger charge is -2.34. The third-order valence-electron chi connectivity index (χ3n) is 5.35. The Balaban J connectivity index is 1.33. The van der Waals surface area contributed by atoms with Gasteiger partial charge >= 0.3 is 0 Å². The number of carbonyl (C=O) groups is 3. The van der Waals surface area contributed by atoms with Crippen LogP contribution in [0.25, 0.3) is 0 Å². The van der Waals surface area contributed by atoms with E-state index in [1.807, 2.05) is 55.5 Å². The minimum absolute atomic E-state index is 0.0142. The van der Waals surface area contributed by atoms with E-state index in [4.69, 9.17) is 0 Å². The summed E-state index contributed by atoms with van der Waals surface area (Å²) >= 11 is 1.29. The second kappa shape index (κ2) is 8.29. The number of likely N-dealkylation sites (tertiary alicyclic amines) is 1. The molecule has 2 aromatic rings. The summed E-state index contributed by atoms with van der Waals surface area (Å²) < 4.78 is 0. The first kappa shape index (κ1) is 19.5. The SMILES string of the molecule is Cc1ccc(NC(=O)C2CCN(C(=O)[C@H]3Sc4ccccc4NC3=O)CC2)cc1. The number of carbonyl (C=O) groups excluding carboxylic acids is 3. The van der Waals surface area contributed by atoms with Gasteiger partial charge in [-0.15, -0.1) is 11.8 Å². The molecule has 1 saturated heterocycles. The van der Waals surface area contributed by atoms with E-state index in [0.29, 0.717) is 25.9 Å². The summed E-state index contributed by atoms with van der Waals surface area (Å²) in [4.78, 5) is 40.5. The highest BCUT2D eigenvalue weighted by molar-refractivity contribution is 8.01. The maximum absolute atomic E-state index is 12.9. The first-order valence-electron chi connectivity index (χ1n) is 9.74. The Hall–Kier alpha value is -2.80.